The average Bonchev–Trinajstić information content (AvgIpc) is 2.41. The van der Waals surface area contributed by atoms with E-state index in [-0.39, 0.29) is 0 Å². The Hall–Kier alpha value is -1.09. The Morgan fingerprint density at radius 2 is 2.06 bits per heavy atom. The zero-order chi connectivity index (χ0) is 12.8. The van der Waals surface area contributed by atoms with E-state index in [9.17, 15) is 0 Å². The van der Waals surface area contributed by atoms with Gasteiger partial charge < -0.3 is 10.1 Å². The highest BCUT2D eigenvalue weighted by atomic mass is 16.5. The van der Waals surface area contributed by atoms with E-state index < -0.39 is 0 Å². The topological polar surface area (TPSA) is 34.1 Å². The maximum atomic E-state index is 5.83. The minimum absolute atomic E-state index is 0.734. The minimum atomic E-state index is 0.734. The van der Waals surface area contributed by atoms with E-state index in [4.69, 9.17) is 4.74 Å². The Morgan fingerprint density at radius 3 is 2.72 bits per heavy atom. The molecule has 1 aromatic rings. The molecule has 0 atom stereocenters. The summed E-state index contributed by atoms with van der Waals surface area (Å²) < 4.78 is 5.83. The molecule has 100 valence electrons. The molecule has 0 bridgehead atoms. The van der Waals surface area contributed by atoms with Crippen LogP contribution in [0.5, 0.6) is 5.88 Å². The first-order valence-corrected chi connectivity index (χ1v) is 7.03. The SMILES string of the molecule is CNCc1ccc(OCC2CCCCC2)nc1C. The Balaban J connectivity index is 1.87. The molecular weight excluding hydrogens is 224 g/mol. The van der Waals surface area contributed by atoms with Crippen LogP contribution in [0.1, 0.15) is 43.4 Å². The van der Waals surface area contributed by atoms with Gasteiger partial charge in [0.15, 0.2) is 0 Å². The van der Waals surface area contributed by atoms with Gasteiger partial charge in [0.1, 0.15) is 0 Å². The number of nitrogens with one attached hydrogen (secondary N) is 1. The van der Waals surface area contributed by atoms with Gasteiger partial charge >= 0.3 is 0 Å². The van der Waals surface area contributed by atoms with Crippen LogP contribution < -0.4 is 10.1 Å². The first-order valence-electron chi connectivity index (χ1n) is 7.03. The van der Waals surface area contributed by atoms with Gasteiger partial charge in [-0.1, -0.05) is 25.3 Å². The number of aromatic nitrogens is 1. The highest BCUT2D eigenvalue weighted by Crippen LogP contribution is 2.24. The van der Waals surface area contributed by atoms with Gasteiger partial charge in [-0.2, -0.15) is 0 Å². The van der Waals surface area contributed by atoms with Crippen molar-refractivity contribution < 1.29 is 4.74 Å². The van der Waals surface area contributed by atoms with Crippen LogP contribution in [-0.4, -0.2) is 18.6 Å². The van der Waals surface area contributed by atoms with E-state index in [1.54, 1.807) is 0 Å². The number of hydrogen-bond donors (Lipinski definition) is 1. The molecule has 0 amide bonds. The lowest BCUT2D eigenvalue weighted by Crippen LogP contribution is -2.16. The van der Waals surface area contributed by atoms with Gasteiger partial charge in [0.25, 0.3) is 0 Å². The second-order valence-electron chi connectivity index (χ2n) is 5.24. The summed E-state index contributed by atoms with van der Waals surface area (Å²) in [5, 5.41) is 3.15. The molecule has 0 unspecified atom stereocenters. The predicted molar refractivity (Wildman–Crippen MR) is 73.8 cm³/mol. The van der Waals surface area contributed by atoms with E-state index in [2.05, 4.69) is 16.4 Å². The van der Waals surface area contributed by atoms with Gasteiger partial charge in [0, 0.05) is 18.3 Å². The van der Waals surface area contributed by atoms with Gasteiger partial charge in [-0.05, 0) is 38.3 Å². The largest absolute Gasteiger partial charge is 0.477 e. The summed E-state index contributed by atoms with van der Waals surface area (Å²) in [5.41, 5.74) is 2.30. The molecule has 1 aliphatic rings. The first kappa shape index (κ1) is 13.3. The zero-order valence-corrected chi connectivity index (χ0v) is 11.5. The number of ether oxygens (including phenoxy) is 1. The molecule has 2 rings (SSSR count). The number of aryl methyl sites for hydroxylation is 1. The molecule has 0 spiro atoms. The van der Waals surface area contributed by atoms with Crippen LogP contribution >= 0.6 is 0 Å². The Kier molecular flexibility index (Phi) is 5.00. The molecule has 1 saturated carbocycles. The zero-order valence-electron chi connectivity index (χ0n) is 11.5. The fraction of sp³-hybridized carbons (Fsp3) is 0.667. The van der Waals surface area contributed by atoms with E-state index in [1.807, 2.05) is 20.0 Å². The summed E-state index contributed by atoms with van der Waals surface area (Å²) in [6, 6.07) is 4.09. The molecule has 1 N–H and O–H groups in total. The molecule has 0 aromatic carbocycles. The Morgan fingerprint density at radius 1 is 1.28 bits per heavy atom. The van der Waals surface area contributed by atoms with E-state index in [0.29, 0.717) is 0 Å². The third kappa shape index (κ3) is 3.70. The molecule has 18 heavy (non-hydrogen) atoms. The van der Waals surface area contributed by atoms with Crippen LogP contribution in [0.15, 0.2) is 12.1 Å². The molecule has 0 saturated heterocycles. The lowest BCUT2D eigenvalue weighted by Gasteiger charge is -2.21. The lowest BCUT2D eigenvalue weighted by molar-refractivity contribution is 0.202. The predicted octanol–water partition coefficient (Wildman–Crippen LogP) is 3.07. The van der Waals surface area contributed by atoms with Crippen LogP contribution in [0.2, 0.25) is 0 Å². The maximum Gasteiger partial charge on any atom is 0.213 e. The highest BCUT2D eigenvalue weighted by molar-refractivity contribution is 5.24. The first-order chi connectivity index (χ1) is 8.79. The normalized spacial score (nSPS) is 16.8. The quantitative estimate of drug-likeness (QED) is 0.869. The van der Waals surface area contributed by atoms with Crippen molar-refractivity contribution in [2.45, 2.75) is 45.6 Å². The summed E-state index contributed by atoms with van der Waals surface area (Å²) in [7, 11) is 1.95. The maximum absolute atomic E-state index is 5.83. The smallest absolute Gasteiger partial charge is 0.213 e. The van der Waals surface area contributed by atoms with Gasteiger partial charge in [0.05, 0.1) is 6.61 Å². The lowest BCUT2D eigenvalue weighted by atomic mass is 9.90. The highest BCUT2D eigenvalue weighted by Gasteiger charge is 2.14. The third-order valence-corrected chi connectivity index (χ3v) is 3.73. The molecule has 3 nitrogen and oxygen atoms in total. The number of nitrogens with zero attached hydrogens (tertiary/aromatic N) is 1. The molecule has 0 radical (unpaired) electrons. The van der Waals surface area contributed by atoms with Crippen LogP contribution in [0.4, 0.5) is 0 Å². The van der Waals surface area contributed by atoms with E-state index in [0.717, 1.165) is 30.6 Å². The molecular formula is C15H24N2O. The van der Waals surface area contributed by atoms with Crippen molar-refractivity contribution in [1.82, 2.24) is 10.3 Å². The fourth-order valence-electron chi connectivity index (χ4n) is 2.58. The van der Waals surface area contributed by atoms with Crippen molar-refractivity contribution >= 4 is 0 Å². The van der Waals surface area contributed by atoms with Crippen molar-refractivity contribution in [2.75, 3.05) is 13.7 Å². The van der Waals surface area contributed by atoms with Crippen LogP contribution in [0.25, 0.3) is 0 Å². The van der Waals surface area contributed by atoms with Crippen molar-refractivity contribution in [2.24, 2.45) is 5.92 Å². The summed E-state index contributed by atoms with van der Waals surface area (Å²) in [6.07, 6.45) is 6.75. The molecule has 1 fully saturated rings. The summed E-state index contributed by atoms with van der Waals surface area (Å²) >= 11 is 0. The minimum Gasteiger partial charge on any atom is -0.477 e. The average molecular weight is 248 g/mol. The summed E-state index contributed by atoms with van der Waals surface area (Å²) in [5.74, 6) is 1.51. The number of rotatable bonds is 5. The van der Waals surface area contributed by atoms with Gasteiger partial charge in [0.2, 0.25) is 5.88 Å². The summed E-state index contributed by atoms with van der Waals surface area (Å²) in [4.78, 5) is 4.51. The standard InChI is InChI=1S/C15H24N2O/c1-12-14(10-16-2)8-9-15(17-12)18-11-13-6-4-3-5-7-13/h8-9,13,16H,3-7,10-11H2,1-2H3. The monoisotopic (exact) mass is 248 g/mol. The number of pyridine rings is 1. The van der Waals surface area contributed by atoms with Crippen LogP contribution in [0, 0.1) is 12.8 Å². The van der Waals surface area contributed by atoms with Gasteiger partial charge in [-0.15, -0.1) is 0 Å². The van der Waals surface area contributed by atoms with Crippen molar-refractivity contribution in [3.63, 3.8) is 0 Å². The third-order valence-electron chi connectivity index (χ3n) is 3.73. The molecule has 3 heteroatoms. The Labute approximate surface area is 110 Å². The van der Waals surface area contributed by atoms with Crippen LogP contribution in [-0.2, 0) is 6.54 Å². The number of hydrogen-bond acceptors (Lipinski definition) is 3. The molecule has 1 heterocycles. The van der Waals surface area contributed by atoms with Crippen LogP contribution in [0.3, 0.4) is 0 Å². The van der Waals surface area contributed by atoms with Crippen molar-refractivity contribution in [1.29, 1.82) is 0 Å². The molecule has 1 aromatic heterocycles. The Bertz CT molecular complexity index is 373. The van der Waals surface area contributed by atoms with Gasteiger partial charge in [-0.3, -0.25) is 0 Å². The molecule has 1 aliphatic carbocycles. The fourth-order valence-corrected chi connectivity index (χ4v) is 2.58. The van der Waals surface area contributed by atoms with Crippen molar-refractivity contribution in [3.05, 3.63) is 23.4 Å². The second kappa shape index (κ2) is 6.74. The molecule has 0 aliphatic heterocycles. The van der Waals surface area contributed by atoms with Crippen molar-refractivity contribution in [3.8, 4) is 5.88 Å². The van der Waals surface area contributed by atoms with E-state index in [1.165, 1.54) is 37.7 Å². The van der Waals surface area contributed by atoms with Gasteiger partial charge in [-0.25, -0.2) is 4.98 Å². The van der Waals surface area contributed by atoms with E-state index >= 15 is 0 Å². The summed E-state index contributed by atoms with van der Waals surface area (Å²) in [6.45, 7) is 3.74. The second-order valence-corrected chi connectivity index (χ2v) is 5.24.